The Morgan fingerprint density at radius 3 is 2.89 bits per heavy atom. The van der Waals surface area contributed by atoms with Gasteiger partial charge in [0.25, 0.3) is 5.91 Å². The van der Waals surface area contributed by atoms with E-state index in [1.165, 1.54) is 0 Å². The highest BCUT2D eigenvalue weighted by molar-refractivity contribution is 7.13. The summed E-state index contributed by atoms with van der Waals surface area (Å²) in [5.74, 6) is 1.33. The molecule has 0 fully saturated rings. The first-order chi connectivity index (χ1) is 13.8. The largest absolute Gasteiger partial charge is 0.482 e. The first kappa shape index (κ1) is 17.9. The summed E-state index contributed by atoms with van der Waals surface area (Å²) in [5.41, 5.74) is 1.55. The number of anilines is 1. The van der Waals surface area contributed by atoms with Crippen LogP contribution < -0.4 is 10.1 Å². The lowest BCUT2D eigenvalue weighted by molar-refractivity contribution is -0.118. The molecule has 0 saturated carbocycles. The second-order valence-corrected chi connectivity index (χ2v) is 6.80. The average molecular weight is 392 g/mol. The van der Waals surface area contributed by atoms with Crippen molar-refractivity contribution < 1.29 is 14.1 Å². The zero-order chi connectivity index (χ0) is 19.2. The maximum absolute atomic E-state index is 12.2. The summed E-state index contributed by atoms with van der Waals surface area (Å²) in [6, 6.07) is 14.9. The molecular weight excluding hydrogens is 376 g/mol. The number of hydrogen-bond acceptors (Lipinski definition) is 7. The maximum Gasteiger partial charge on any atom is 0.262 e. The van der Waals surface area contributed by atoms with E-state index in [4.69, 9.17) is 9.26 Å². The topological polar surface area (TPSA) is 90.1 Å². The molecule has 3 heterocycles. The molecule has 0 aliphatic carbocycles. The number of hydrogen-bond donors (Lipinski definition) is 1. The van der Waals surface area contributed by atoms with E-state index in [1.54, 1.807) is 35.9 Å². The molecule has 0 aliphatic heterocycles. The molecule has 28 heavy (non-hydrogen) atoms. The van der Waals surface area contributed by atoms with E-state index in [-0.39, 0.29) is 12.5 Å². The summed E-state index contributed by atoms with van der Waals surface area (Å²) < 4.78 is 10.8. The van der Waals surface area contributed by atoms with E-state index in [9.17, 15) is 4.79 Å². The summed E-state index contributed by atoms with van der Waals surface area (Å²) in [7, 11) is 0. The van der Waals surface area contributed by atoms with Gasteiger partial charge in [0.2, 0.25) is 11.7 Å². The van der Waals surface area contributed by atoms with Crippen LogP contribution in [0, 0.1) is 0 Å². The standard InChI is InChI=1S/C20H16N4O3S/c25-18(13-26-15-6-3-9-21-12-15)22-16-7-2-1-5-14(16)11-19-23-20(24-27-19)17-8-4-10-28-17/h1-10,12H,11,13H2,(H,22,25). The molecule has 0 aliphatic rings. The first-order valence-electron chi connectivity index (χ1n) is 8.55. The number of para-hydroxylation sites is 1. The number of nitrogens with zero attached hydrogens (tertiary/aromatic N) is 3. The second-order valence-electron chi connectivity index (χ2n) is 5.85. The summed E-state index contributed by atoms with van der Waals surface area (Å²) >= 11 is 1.55. The van der Waals surface area contributed by atoms with E-state index in [0.717, 1.165) is 10.4 Å². The Labute approximate surface area is 165 Å². The van der Waals surface area contributed by atoms with Crippen molar-refractivity contribution in [1.82, 2.24) is 15.1 Å². The van der Waals surface area contributed by atoms with Crippen LogP contribution in [0.5, 0.6) is 5.75 Å². The van der Waals surface area contributed by atoms with Crippen molar-refractivity contribution in [3.63, 3.8) is 0 Å². The minimum atomic E-state index is -0.263. The number of thiophene rings is 1. The number of nitrogens with one attached hydrogen (secondary N) is 1. The third kappa shape index (κ3) is 4.41. The van der Waals surface area contributed by atoms with Gasteiger partial charge in [-0.05, 0) is 35.2 Å². The van der Waals surface area contributed by atoms with E-state index in [0.29, 0.717) is 29.6 Å². The molecule has 4 aromatic rings. The van der Waals surface area contributed by atoms with Crippen LogP contribution in [0.4, 0.5) is 5.69 Å². The lowest BCUT2D eigenvalue weighted by Gasteiger charge is -2.10. The molecule has 4 rings (SSSR count). The molecular formula is C20H16N4O3S. The van der Waals surface area contributed by atoms with Gasteiger partial charge in [-0.15, -0.1) is 11.3 Å². The minimum absolute atomic E-state index is 0.108. The smallest absolute Gasteiger partial charge is 0.262 e. The van der Waals surface area contributed by atoms with Gasteiger partial charge in [-0.2, -0.15) is 4.98 Å². The summed E-state index contributed by atoms with van der Waals surface area (Å²) in [4.78, 5) is 21.6. The van der Waals surface area contributed by atoms with Crippen LogP contribution in [0.15, 0.2) is 70.8 Å². The Balaban J connectivity index is 1.41. The monoisotopic (exact) mass is 392 g/mol. The van der Waals surface area contributed by atoms with Crippen LogP contribution in [-0.2, 0) is 11.2 Å². The van der Waals surface area contributed by atoms with Gasteiger partial charge in [-0.3, -0.25) is 9.78 Å². The third-order valence-corrected chi connectivity index (χ3v) is 4.71. The number of amides is 1. The third-order valence-electron chi connectivity index (χ3n) is 3.85. The van der Waals surface area contributed by atoms with Crippen molar-refractivity contribution >= 4 is 22.9 Å². The number of carbonyl (C=O) groups excluding carboxylic acids is 1. The predicted octanol–water partition coefficient (Wildman–Crippen LogP) is 3.80. The van der Waals surface area contributed by atoms with Gasteiger partial charge in [0.1, 0.15) is 5.75 Å². The number of carbonyl (C=O) groups is 1. The summed E-state index contributed by atoms with van der Waals surface area (Å²) in [6.45, 7) is -0.108. The second kappa shape index (κ2) is 8.45. The van der Waals surface area contributed by atoms with Crippen molar-refractivity contribution in [2.75, 3.05) is 11.9 Å². The Kier molecular flexibility index (Phi) is 5.39. The van der Waals surface area contributed by atoms with Gasteiger partial charge in [-0.1, -0.05) is 29.4 Å². The molecule has 0 unspecified atom stereocenters. The number of rotatable bonds is 7. The Bertz CT molecular complexity index is 1050. The van der Waals surface area contributed by atoms with Gasteiger partial charge in [0.05, 0.1) is 17.5 Å². The Hall–Kier alpha value is -3.52. The van der Waals surface area contributed by atoms with Gasteiger partial charge >= 0.3 is 0 Å². The number of pyridine rings is 1. The molecule has 140 valence electrons. The predicted molar refractivity (Wildman–Crippen MR) is 105 cm³/mol. The zero-order valence-electron chi connectivity index (χ0n) is 14.7. The molecule has 1 aromatic carbocycles. The van der Waals surface area contributed by atoms with Crippen molar-refractivity contribution in [2.24, 2.45) is 0 Å². The zero-order valence-corrected chi connectivity index (χ0v) is 15.6. The normalized spacial score (nSPS) is 10.6. The van der Waals surface area contributed by atoms with Crippen LogP contribution >= 0.6 is 11.3 Å². The van der Waals surface area contributed by atoms with E-state index in [1.807, 2.05) is 41.8 Å². The van der Waals surface area contributed by atoms with Gasteiger partial charge in [0.15, 0.2) is 6.61 Å². The molecule has 1 N–H and O–H groups in total. The van der Waals surface area contributed by atoms with Crippen LogP contribution in [0.2, 0.25) is 0 Å². The fourth-order valence-electron chi connectivity index (χ4n) is 2.56. The van der Waals surface area contributed by atoms with E-state index >= 15 is 0 Å². The summed E-state index contributed by atoms with van der Waals surface area (Å²) in [6.07, 6.45) is 3.62. The molecule has 1 amide bonds. The van der Waals surface area contributed by atoms with E-state index < -0.39 is 0 Å². The van der Waals surface area contributed by atoms with Crippen molar-refractivity contribution in [3.05, 3.63) is 77.8 Å². The lowest BCUT2D eigenvalue weighted by Crippen LogP contribution is -2.21. The van der Waals surface area contributed by atoms with Crippen LogP contribution in [-0.4, -0.2) is 27.6 Å². The SMILES string of the molecule is O=C(COc1cccnc1)Nc1ccccc1Cc1nc(-c2cccs2)no1. The molecule has 0 saturated heterocycles. The quantitative estimate of drug-likeness (QED) is 0.514. The summed E-state index contributed by atoms with van der Waals surface area (Å²) in [5, 5.41) is 8.84. The number of aromatic nitrogens is 3. The number of benzene rings is 1. The lowest BCUT2D eigenvalue weighted by atomic mass is 10.1. The maximum atomic E-state index is 12.2. The van der Waals surface area contributed by atoms with Crippen LogP contribution in [0.1, 0.15) is 11.5 Å². The number of ether oxygens (including phenoxy) is 1. The Morgan fingerprint density at radius 2 is 2.07 bits per heavy atom. The highest BCUT2D eigenvalue weighted by Crippen LogP contribution is 2.23. The van der Waals surface area contributed by atoms with Gasteiger partial charge < -0.3 is 14.6 Å². The first-order valence-corrected chi connectivity index (χ1v) is 9.43. The fourth-order valence-corrected chi connectivity index (χ4v) is 3.21. The van der Waals surface area contributed by atoms with Crippen LogP contribution in [0.25, 0.3) is 10.7 Å². The highest BCUT2D eigenvalue weighted by Gasteiger charge is 2.13. The van der Waals surface area contributed by atoms with Crippen molar-refractivity contribution in [2.45, 2.75) is 6.42 Å². The molecule has 8 heteroatoms. The molecule has 0 bridgehead atoms. The molecule has 3 aromatic heterocycles. The van der Waals surface area contributed by atoms with Gasteiger partial charge in [0, 0.05) is 11.9 Å². The van der Waals surface area contributed by atoms with Crippen molar-refractivity contribution in [1.29, 1.82) is 0 Å². The van der Waals surface area contributed by atoms with Crippen LogP contribution in [0.3, 0.4) is 0 Å². The molecule has 7 nitrogen and oxygen atoms in total. The van der Waals surface area contributed by atoms with Crippen molar-refractivity contribution in [3.8, 4) is 16.5 Å². The van der Waals surface area contributed by atoms with E-state index in [2.05, 4.69) is 20.4 Å². The highest BCUT2D eigenvalue weighted by atomic mass is 32.1. The van der Waals surface area contributed by atoms with Gasteiger partial charge in [-0.25, -0.2) is 0 Å². The molecule has 0 spiro atoms. The molecule has 0 atom stereocenters. The fraction of sp³-hybridized carbons (Fsp3) is 0.100. The minimum Gasteiger partial charge on any atom is -0.482 e. The Morgan fingerprint density at radius 1 is 1.14 bits per heavy atom. The average Bonchev–Trinajstić information content (AvgIpc) is 3.41. The molecule has 0 radical (unpaired) electrons.